The van der Waals surface area contributed by atoms with Crippen molar-refractivity contribution in [2.75, 3.05) is 13.2 Å². The smallest absolute Gasteiger partial charge is 0.119 e. The van der Waals surface area contributed by atoms with Crippen LogP contribution in [-0.2, 0) is 18.4 Å². The van der Waals surface area contributed by atoms with Gasteiger partial charge in [0.15, 0.2) is 0 Å². The van der Waals surface area contributed by atoms with Crippen LogP contribution in [0.25, 0.3) is 0 Å². The average Bonchev–Trinajstić information content (AvgIpc) is 2.81. The summed E-state index contributed by atoms with van der Waals surface area (Å²) in [5.41, 5.74) is 9.06. The summed E-state index contributed by atoms with van der Waals surface area (Å²) in [4.78, 5) is 0. The van der Waals surface area contributed by atoms with Crippen LogP contribution in [0.1, 0.15) is 37.7 Å². The quantitative estimate of drug-likeness (QED) is 0.890. The molecule has 0 aliphatic rings. The number of hydrogen-bond acceptors (Lipinski definition) is 4. The standard InChI is InChI=1S/C17H26N4O/c1-13-16(9-10-18)19-20-21(13)11-12-22-15-7-5-14(6-8-15)17(2,3)4/h5-8H,9-12,18H2,1-4H3. The van der Waals surface area contributed by atoms with Crippen molar-refractivity contribution in [2.24, 2.45) is 5.73 Å². The first-order chi connectivity index (χ1) is 10.4. The Bertz CT molecular complexity index is 596. The third-order valence-corrected chi connectivity index (χ3v) is 3.75. The first kappa shape index (κ1) is 16.5. The highest BCUT2D eigenvalue weighted by molar-refractivity contribution is 5.31. The van der Waals surface area contributed by atoms with Crippen LogP contribution in [0.2, 0.25) is 0 Å². The molecule has 5 heteroatoms. The van der Waals surface area contributed by atoms with E-state index in [1.807, 2.05) is 23.7 Å². The van der Waals surface area contributed by atoms with E-state index < -0.39 is 0 Å². The fourth-order valence-corrected chi connectivity index (χ4v) is 2.28. The zero-order chi connectivity index (χ0) is 16.2. The fraction of sp³-hybridized carbons (Fsp3) is 0.529. The van der Waals surface area contributed by atoms with Crippen LogP contribution in [0.5, 0.6) is 5.75 Å². The molecule has 2 N–H and O–H groups in total. The lowest BCUT2D eigenvalue weighted by atomic mass is 9.87. The van der Waals surface area contributed by atoms with Crippen molar-refractivity contribution < 1.29 is 4.74 Å². The Morgan fingerprint density at radius 2 is 1.86 bits per heavy atom. The van der Waals surface area contributed by atoms with Crippen molar-refractivity contribution in [2.45, 2.75) is 46.1 Å². The molecule has 0 atom stereocenters. The van der Waals surface area contributed by atoms with Crippen LogP contribution in [0, 0.1) is 6.92 Å². The number of ether oxygens (including phenoxy) is 1. The molecule has 0 amide bonds. The molecule has 0 aliphatic heterocycles. The summed E-state index contributed by atoms with van der Waals surface area (Å²) in [6.07, 6.45) is 0.765. The van der Waals surface area contributed by atoms with Gasteiger partial charge < -0.3 is 10.5 Å². The van der Waals surface area contributed by atoms with Gasteiger partial charge in [-0.1, -0.05) is 38.1 Å². The zero-order valence-electron chi connectivity index (χ0n) is 14.0. The molecular weight excluding hydrogens is 276 g/mol. The highest BCUT2D eigenvalue weighted by Crippen LogP contribution is 2.24. The maximum absolute atomic E-state index is 5.79. The lowest BCUT2D eigenvalue weighted by Crippen LogP contribution is -2.12. The first-order valence-electron chi connectivity index (χ1n) is 7.74. The predicted molar refractivity (Wildman–Crippen MR) is 88.2 cm³/mol. The second-order valence-corrected chi connectivity index (χ2v) is 6.51. The van der Waals surface area contributed by atoms with Gasteiger partial charge in [-0.25, -0.2) is 4.68 Å². The molecule has 22 heavy (non-hydrogen) atoms. The third-order valence-electron chi connectivity index (χ3n) is 3.75. The van der Waals surface area contributed by atoms with Crippen LogP contribution < -0.4 is 10.5 Å². The number of benzene rings is 1. The molecule has 0 radical (unpaired) electrons. The molecule has 1 aromatic heterocycles. The molecule has 0 saturated carbocycles. The van der Waals surface area contributed by atoms with Crippen LogP contribution >= 0.6 is 0 Å². The summed E-state index contributed by atoms with van der Waals surface area (Å²) >= 11 is 0. The molecular formula is C17H26N4O. The minimum Gasteiger partial charge on any atom is -0.492 e. The molecule has 5 nitrogen and oxygen atoms in total. The molecule has 0 fully saturated rings. The van der Waals surface area contributed by atoms with Crippen LogP contribution in [0.4, 0.5) is 0 Å². The van der Waals surface area contributed by atoms with Gasteiger partial charge in [0.1, 0.15) is 12.4 Å². The van der Waals surface area contributed by atoms with Crippen molar-refractivity contribution in [3.05, 3.63) is 41.2 Å². The van der Waals surface area contributed by atoms with Gasteiger partial charge >= 0.3 is 0 Å². The van der Waals surface area contributed by atoms with E-state index in [1.54, 1.807) is 0 Å². The first-order valence-corrected chi connectivity index (χ1v) is 7.74. The lowest BCUT2D eigenvalue weighted by Gasteiger charge is -2.19. The second-order valence-electron chi connectivity index (χ2n) is 6.51. The molecule has 0 unspecified atom stereocenters. The number of nitrogens with zero attached hydrogens (tertiary/aromatic N) is 3. The van der Waals surface area contributed by atoms with Crippen LogP contribution in [0.15, 0.2) is 24.3 Å². The minimum absolute atomic E-state index is 0.162. The van der Waals surface area contributed by atoms with E-state index in [4.69, 9.17) is 10.5 Å². The summed E-state index contributed by atoms with van der Waals surface area (Å²) in [5.74, 6) is 0.882. The van der Waals surface area contributed by atoms with Crippen LogP contribution in [-0.4, -0.2) is 28.1 Å². The summed E-state index contributed by atoms with van der Waals surface area (Å²) in [6, 6.07) is 8.29. The summed E-state index contributed by atoms with van der Waals surface area (Å²) < 4.78 is 7.66. The van der Waals surface area contributed by atoms with E-state index in [2.05, 4.69) is 43.2 Å². The summed E-state index contributed by atoms with van der Waals surface area (Å²) in [7, 11) is 0. The van der Waals surface area contributed by atoms with Crippen molar-refractivity contribution in [3.63, 3.8) is 0 Å². The van der Waals surface area contributed by atoms with Gasteiger partial charge in [0.2, 0.25) is 0 Å². The number of hydrogen-bond donors (Lipinski definition) is 1. The molecule has 2 aromatic rings. The van der Waals surface area contributed by atoms with E-state index in [0.717, 1.165) is 23.6 Å². The molecule has 1 aromatic carbocycles. The molecule has 120 valence electrons. The van der Waals surface area contributed by atoms with Gasteiger partial charge in [-0.3, -0.25) is 0 Å². The van der Waals surface area contributed by atoms with Gasteiger partial charge in [0.25, 0.3) is 0 Å². The number of aromatic nitrogens is 3. The van der Waals surface area contributed by atoms with Crippen molar-refractivity contribution >= 4 is 0 Å². The average molecular weight is 302 g/mol. The Labute approximate surface area is 132 Å². The molecule has 0 aliphatic carbocycles. The highest BCUT2D eigenvalue weighted by atomic mass is 16.5. The molecule has 2 rings (SSSR count). The van der Waals surface area contributed by atoms with Gasteiger partial charge in [-0.05, 0) is 36.6 Å². The zero-order valence-corrected chi connectivity index (χ0v) is 14.0. The molecule has 1 heterocycles. The van der Waals surface area contributed by atoms with Crippen molar-refractivity contribution in [1.82, 2.24) is 15.0 Å². The van der Waals surface area contributed by atoms with E-state index in [9.17, 15) is 0 Å². The van der Waals surface area contributed by atoms with Gasteiger partial charge in [0, 0.05) is 6.42 Å². The Balaban J connectivity index is 1.89. The van der Waals surface area contributed by atoms with E-state index in [0.29, 0.717) is 19.7 Å². The van der Waals surface area contributed by atoms with Gasteiger partial charge in [-0.15, -0.1) is 5.10 Å². The molecule has 0 bridgehead atoms. The monoisotopic (exact) mass is 302 g/mol. The number of nitrogens with two attached hydrogens (primary N) is 1. The van der Waals surface area contributed by atoms with E-state index >= 15 is 0 Å². The van der Waals surface area contributed by atoms with Crippen LogP contribution in [0.3, 0.4) is 0 Å². The highest BCUT2D eigenvalue weighted by Gasteiger charge is 2.13. The van der Waals surface area contributed by atoms with Crippen molar-refractivity contribution in [1.29, 1.82) is 0 Å². The van der Waals surface area contributed by atoms with E-state index in [-0.39, 0.29) is 5.41 Å². The van der Waals surface area contributed by atoms with Crippen molar-refractivity contribution in [3.8, 4) is 5.75 Å². The maximum atomic E-state index is 5.79. The maximum Gasteiger partial charge on any atom is 0.119 e. The Morgan fingerprint density at radius 3 is 2.45 bits per heavy atom. The molecule has 0 spiro atoms. The Kier molecular flexibility index (Phi) is 5.19. The predicted octanol–water partition coefficient (Wildman–Crippen LogP) is 2.46. The van der Waals surface area contributed by atoms with Gasteiger partial charge in [-0.2, -0.15) is 0 Å². The number of rotatable bonds is 6. The Hall–Kier alpha value is -1.88. The molecule has 0 saturated heterocycles. The lowest BCUT2D eigenvalue weighted by molar-refractivity contribution is 0.288. The minimum atomic E-state index is 0.162. The second kappa shape index (κ2) is 6.92. The van der Waals surface area contributed by atoms with Gasteiger partial charge in [0.05, 0.1) is 17.9 Å². The normalized spacial score (nSPS) is 11.7. The van der Waals surface area contributed by atoms with E-state index in [1.165, 1.54) is 5.56 Å². The topological polar surface area (TPSA) is 66.0 Å². The summed E-state index contributed by atoms with van der Waals surface area (Å²) in [6.45, 7) is 10.5. The summed E-state index contributed by atoms with van der Waals surface area (Å²) in [5, 5.41) is 8.29. The SMILES string of the molecule is Cc1c(CCN)nnn1CCOc1ccc(C(C)(C)C)cc1. The Morgan fingerprint density at radius 1 is 1.18 bits per heavy atom. The fourth-order valence-electron chi connectivity index (χ4n) is 2.28. The largest absolute Gasteiger partial charge is 0.492 e. The third kappa shape index (κ3) is 4.07.